The van der Waals surface area contributed by atoms with E-state index in [1.165, 1.54) is 0 Å². The number of hydrogen-bond donors (Lipinski definition) is 0. The van der Waals surface area contributed by atoms with Gasteiger partial charge in [0.05, 0.1) is 6.10 Å². The number of carbonyl (C=O) groups is 1. The highest BCUT2D eigenvalue weighted by molar-refractivity contribution is 5.94. The number of nitrogens with zero attached hydrogens (tertiary/aromatic N) is 2. The summed E-state index contributed by atoms with van der Waals surface area (Å²) in [6.07, 6.45) is 6.61. The molecular weight excluding hydrogens is 228 g/mol. The molecule has 0 radical (unpaired) electrons. The molecular formula is C14H20N2O2. The van der Waals surface area contributed by atoms with E-state index in [1.54, 1.807) is 24.5 Å². The lowest BCUT2D eigenvalue weighted by molar-refractivity contribution is 0.00211. The number of hydrogen-bond acceptors (Lipinski definition) is 3. The van der Waals surface area contributed by atoms with E-state index >= 15 is 0 Å². The topological polar surface area (TPSA) is 42.4 Å². The fourth-order valence-electron chi connectivity index (χ4n) is 2.22. The van der Waals surface area contributed by atoms with Gasteiger partial charge in [-0.1, -0.05) is 6.92 Å². The molecule has 1 fully saturated rings. The van der Waals surface area contributed by atoms with Gasteiger partial charge in [-0.2, -0.15) is 0 Å². The van der Waals surface area contributed by atoms with Gasteiger partial charge in [-0.3, -0.25) is 9.78 Å². The number of aromatic nitrogens is 1. The van der Waals surface area contributed by atoms with Crippen LogP contribution in [0.25, 0.3) is 0 Å². The lowest BCUT2D eigenvalue weighted by atomic mass is 10.1. The fourth-order valence-corrected chi connectivity index (χ4v) is 2.22. The molecule has 1 aromatic heterocycles. The lowest BCUT2D eigenvalue weighted by Crippen LogP contribution is -2.43. The van der Waals surface area contributed by atoms with E-state index < -0.39 is 0 Å². The first-order valence-electron chi connectivity index (χ1n) is 6.62. The number of amides is 1. The SMILES string of the molecule is CCCO[C@H]1CCCN(C(=O)c2ccncc2)C1. The van der Waals surface area contributed by atoms with Gasteiger partial charge in [0, 0.05) is 37.7 Å². The van der Waals surface area contributed by atoms with Gasteiger partial charge in [-0.25, -0.2) is 0 Å². The molecule has 0 unspecified atom stereocenters. The Kier molecular flexibility index (Phi) is 4.70. The summed E-state index contributed by atoms with van der Waals surface area (Å²) in [4.78, 5) is 18.1. The quantitative estimate of drug-likeness (QED) is 0.819. The van der Waals surface area contributed by atoms with Gasteiger partial charge in [-0.15, -0.1) is 0 Å². The minimum absolute atomic E-state index is 0.0854. The van der Waals surface area contributed by atoms with Crippen molar-refractivity contribution in [3.63, 3.8) is 0 Å². The van der Waals surface area contributed by atoms with Crippen LogP contribution in [0.5, 0.6) is 0 Å². The average Bonchev–Trinajstić information content (AvgIpc) is 2.45. The molecule has 0 aliphatic carbocycles. The summed E-state index contributed by atoms with van der Waals surface area (Å²) in [5.74, 6) is 0.0854. The van der Waals surface area contributed by atoms with Crippen molar-refractivity contribution in [1.82, 2.24) is 9.88 Å². The Bertz CT molecular complexity index is 381. The molecule has 2 rings (SSSR count). The number of carbonyl (C=O) groups excluding carboxylic acids is 1. The summed E-state index contributed by atoms with van der Waals surface area (Å²) in [6.45, 7) is 4.42. The molecule has 98 valence electrons. The van der Waals surface area contributed by atoms with Crippen molar-refractivity contribution in [3.8, 4) is 0 Å². The number of pyridine rings is 1. The predicted octanol–water partition coefficient (Wildman–Crippen LogP) is 2.11. The molecule has 1 aromatic rings. The Morgan fingerprint density at radius 3 is 3.00 bits per heavy atom. The molecule has 1 saturated heterocycles. The first-order valence-corrected chi connectivity index (χ1v) is 6.62. The van der Waals surface area contributed by atoms with Crippen LogP contribution in [0.2, 0.25) is 0 Å². The molecule has 0 aromatic carbocycles. The summed E-state index contributed by atoms with van der Waals surface area (Å²) in [5, 5.41) is 0. The molecule has 1 atom stereocenters. The minimum atomic E-state index is 0.0854. The smallest absolute Gasteiger partial charge is 0.254 e. The van der Waals surface area contributed by atoms with E-state index in [1.807, 2.05) is 4.90 Å². The summed E-state index contributed by atoms with van der Waals surface area (Å²) in [7, 11) is 0. The highest BCUT2D eigenvalue weighted by atomic mass is 16.5. The van der Waals surface area contributed by atoms with Crippen LogP contribution in [0, 0.1) is 0 Å². The molecule has 4 heteroatoms. The summed E-state index contributed by atoms with van der Waals surface area (Å²) in [5.41, 5.74) is 0.709. The van der Waals surface area contributed by atoms with Crippen LogP contribution in [0.3, 0.4) is 0 Å². The monoisotopic (exact) mass is 248 g/mol. The zero-order chi connectivity index (χ0) is 12.8. The highest BCUT2D eigenvalue weighted by Crippen LogP contribution is 2.16. The number of rotatable bonds is 4. The molecule has 1 aliphatic rings. The fraction of sp³-hybridized carbons (Fsp3) is 0.571. The van der Waals surface area contributed by atoms with E-state index in [9.17, 15) is 4.79 Å². The standard InChI is InChI=1S/C14H20N2O2/c1-2-10-18-13-4-3-9-16(11-13)14(17)12-5-7-15-8-6-12/h5-8,13H,2-4,9-11H2,1H3/t13-/m0/s1. The van der Waals surface area contributed by atoms with Crippen molar-refractivity contribution >= 4 is 5.91 Å². The maximum absolute atomic E-state index is 12.3. The van der Waals surface area contributed by atoms with Crippen molar-refractivity contribution in [2.75, 3.05) is 19.7 Å². The Morgan fingerprint density at radius 2 is 2.28 bits per heavy atom. The molecule has 0 N–H and O–H groups in total. The van der Waals surface area contributed by atoms with Gasteiger partial charge < -0.3 is 9.64 Å². The van der Waals surface area contributed by atoms with Crippen molar-refractivity contribution in [2.24, 2.45) is 0 Å². The second-order valence-electron chi connectivity index (χ2n) is 4.62. The number of ether oxygens (including phenoxy) is 1. The Hall–Kier alpha value is -1.42. The maximum atomic E-state index is 12.3. The lowest BCUT2D eigenvalue weighted by Gasteiger charge is -2.32. The largest absolute Gasteiger partial charge is 0.376 e. The Balaban J connectivity index is 1.94. The normalized spacial score (nSPS) is 19.8. The van der Waals surface area contributed by atoms with Gasteiger partial charge in [0.2, 0.25) is 0 Å². The summed E-state index contributed by atoms with van der Waals surface area (Å²) in [6, 6.07) is 3.53. The molecule has 0 spiro atoms. The van der Waals surface area contributed by atoms with Gasteiger partial charge >= 0.3 is 0 Å². The van der Waals surface area contributed by atoms with E-state index in [2.05, 4.69) is 11.9 Å². The van der Waals surface area contributed by atoms with Crippen LogP contribution in [-0.4, -0.2) is 41.6 Å². The van der Waals surface area contributed by atoms with E-state index in [0.717, 1.165) is 32.4 Å². The highest BCUT2D eigenvalue weighted by Gasteiger charge is 2.24. The van der Waals surface area contributed by atoms with Crippen LogP contribution in [0.15, 0.2) is 24.5 Å². The van der Waals surface area contributed by atoms with Crippen LogP contribution in [-0.2, 0) is 4.74 Å². The summed E-state index contributed by atoms with van der Waals surface area (Å²) < 4.78 is 5.74. The third-order valence-corrected chi connectivity index (χ3v) is 3.15. The third-order valence-electron chi connectivity index (χ3n) is 3.15. The van der Waals surface area contributed by atoms with Crippen LogP contribution in [0.1, 0.15) is 36.5 Å². The van der Waals surface area contributed by atoms with Gasteiger partial charge in [0.15, 0.2) is 0 Å². The molecule has 18 heavy (non-hydrogen) atoms. The minimum Gasteiger partial charge on any atom is -0.376 e. The van der Waals surface area contributed by atoms with E-state index in [-0.39, 0.29) is 12.0 Å². The first-order chi connectivity index (χ1) is 8.81. The van der Waals surface area contributed by atoms with Crippen molar-refractivity contribution < 1.29 is 9.53 Å². The van der Waals surface area contributed by atoms with Gasteiger partial charge in [0.1, 0.15) is 0 Å². The average molecular weight is 248 g/mol. The number of likely N-dealkylation sites (tertiary alicyclic amines) is 1. The zero-order valence-electron chi connectivity index (χ0n) is 10.8. The van der Waals surface area contributed by atoms with Crippen molar-refractivity contribution in [2.45, 2.75) is 32.3 Å². The second-order valence-corrected chi connectivity index (χ2v) is 4.62. The van der Waals surface area contributed by atoms with Crippen molar-refractivity contribution in [3.05, 3.63) is 30.1 Å². The second kappa shape index (κ2) is 6.50. The van der Waals surface area contributed by atoms with Gasteiger partial charge in [-0.05, 0) is 31.4 Å². The molecule has 4 nitrogen and oxygen atoms in total. The molecule has 1 aliphatic heterocycles. The third kappa shape index (κ3) is 3.29. The van der Waals surface area contributed by atoms with Crippen LogP contribution >= 0.6 is 0 Å². The molecule has 0 bridgehead atoms. The Labute approximate surface area is 108 Å². The van der Waals surface area contributed by atoms with Crippen LogP contribution in [0.4, 0.5) is 0 Å². The first kappa shape index (κ1) is 13.0. The molecule has 1 amide bonds. The predicted molar refractivity (Wildman–Crippen MR) is 69.4 cm³/mol. The van der Waals surface area contributed by atoms with Gasteiger partial charge in [0.25, 0.3) is 5.91 Å². The summed E-state index contributed by atoms with van der Waals surface area (Å²) >= 11 is 0. The maximum Gasteiger partial charge on any atom is 0.254 e. The zero-order valence-corrected chi connectivity index (χ0v) is 10.8. The van der Waals surface area contributed by atoms with Crippen molar-refractivity contribution in [1.29, 1.82) is 0 Å². The van der Waals surface area contributed by atoms with E-state index in [4.69, 9.17) is 4.74 Å². The molecule has 0 saturated carbocycles. The number of piperidine rings is 1. The van der Waals surface area contributed by atoms with Crippen LogP contribution < -0.4 is 0 Å². The molecule has 2 heterocycles. The van der Waals surface area contributed by atoms with E-state index in [0.29, 0.717) is 12.1 Å². The Morgan fingerprint density at radius 1 is 1.50 bits per heavy atom.